The molecule has 2 aromatic rings. The van der Waals surface area contributed by atoms with E-state index in [1.807, 2.05) is 24.1 Å². The van der Waals surface area contributed by atoms with Gasteiger partial charge in [0.1, 0.15) is 5.82 Å². The van der Waals surface area contributed by atoms with Crippen molar-refractivity contribution in [1.82, 2.24) is 14.8 Å². The van der Waals surface area contributed by atoms with Crippen molar-refractivity contribution in [2.45, 2.75) is 13.1 Å². The second-order valence-corrected chi connectivity index (χ2v) is 7.52. The monoisotopic (exact) mass is 476 g/mol. The van der Waals surface area contributed by atoms with Gasteiger partial charge in [-0.1, -0.05) is 0 Å². The first-order valence-corrected chi connectivity index (χ1v) is 10.0. The second-order valence-electron chi connectivity index (χ2n) is 7.52. The largest absolute Gasteiger partial charge is 0.493 e. The fourth-order valence-corrected chi connectivity index (χ4v) is 3.53. The molecule has 2 heterocycles. The van der Waals surface area contributed by atoms with Crippen LogP contribution in [0.5, 0.6) is 17.2 Å². The predicted octanol–water partition coefficient (Wildman–Crippen LogP) is 2.58. The van der Waals surface area contributed by atoms with Gasteiger partial charge in [0, 0.05) is 43.5 Å². The molecular weight excluding hydrogens is 448 g/mol. The van der Waals surface area contributed by atoms with Crippen LogP contribution >= 0.6 is 12.4 Å². The summed E-state index contributed by atoms with van der Waals surface area (Å²) < 4.78 is 16.2. The molecule has 0 fully saturated rings. The van der Waals surface area contributed by atoms with Gasteiger partial charge < -0.3 is 24.4 Å². The molecule has 1 aromatic heterocycles. The molecule has 0 spiro atoms. The van der Waals surface area contributed by atoms with Crippen LogP contribution < -0.4 is 19.5 Å². The third-order valence-corrected chi connectivity index (χ3v) is 5.09. The van der Waals surface area contributed by atoms with Gasteiger partial charge in [0.25, 0.3) is 0 Å². The quantitative estimate of drug-likeness (QED) is 0.614. The zero-order valence-electron chi connectivity index (χ0n) is 19.4. The molecule has 9 nitrogen and oxygen atoms in total. The lowest BCUT2D eigenvalue weighted by Crippen LogP contribution is -2.26. The third-order valence-electron chi connectivity index (χ3n) is 5.09. The Morgan fingerprint density at radius 1 is 1.18 bits per heavy atom. The molecule has 2 amide bonds. The topological polar surface area (TPSA) is 93.2 Å². The standard InChI is InChI=1S/C23H28N4O5.ClH/c1-26-12-17-10-15(11-24-23(17)25-19(28)14-26)6-9-20(29)27(2)13-16-7-8-18(30-3)22(32-5)21(16)31-4;/h6-11H,12-14H2,1-5H3,(H,24,25,28);1H. The van der Waals surface area contributed by atoms with Gasteiger partial charge in [-0.05, 0) is 36.9 Å². The third kappa shape index (κ3) is 6.15. The zero-order valence-corrected chi connectivity index (χ0v) is 20.2. The number of rotatable bonds is 7. The Morgan fingerprint density at radius 3 is 2.58 bits per heavy atom. The summed E-state index contributed by atoms with van der Waals surface area (Å²) in [5, 5.41) is 2.80. The van der Waals surface area contributed by atoms with Crippen molar-refractivity contribution in [3.8, 4) is 17.2 Å². The number of methoxy groups -OCH3 is 3. The van der Waals surface area contributed by atoms with Crippen LogP contribution in [-0.2, 0) is 22.7 Å². The highest BCUT2D eigenvalue weighted by Gasteiger charge is 2.19. The Labute approximate surface area is 199 Å². The highest BCUT2D eigenvalue weighted by molar-refractivity contribution is 5.93. The van der Waals surface area contributed by atoms with Crippen molar-refractivity contribution in [2.75, 3.05) is 47.3 Å². The van der Waals surface area contributed by atoms with Crippen LogP contribution in [0.1, 0.15) is 16.7 Å². The summed E-state index contributed by atoms with van der Waals surface area (Å²) in [4.78, 5) is 32.3. The Kier molecular flexibility index (Phi) is 9.07. The first-order chi connectivity index (χ1) is 15.4. The fourth-order valence-electron chi connectivity index (χ4n) is 3.53. The molecule has 0 aliphatic carbocycles. The number of carbonyl (C=O) groups is 2. The van der Waals surface area contributed by atoms with Crippen molar-refractivity contribution >= 4 is 36.1 Å². The average molecular weight is 477 g/mol. The normalized spacial score (nSPS) is 13.4. The molecule has 178 valence electrons. The lowest BCUT2D eigenvalue weighted by Gasteiger charge is -2.20. The van der Waals surface area contributed by atoms with E-state index in [1.165, 1.54) is 6.08 Å². The van der Waals surface area contributed by atoms with Crippen LogP contribution in [0.3, 0.4) is 0 Å². The van der Waals surface area contributed by atoms with E-state index in [-0.39, 0.29) is 24.2 Å². The van der Waals surface area contributed by atoms with E-state index >= 15 is 0 Å². The molecule has 10 heteroatoms. The molecule has 0 atom stereocenters. The summed E-state index contributed by atoms with van der Waals surface area (Å²) in [6, 6.07) is 5.54. The molecule has 0 unspecified atom stereocenters. The van der Waals surface area contributed by atoms with Gasteiger partial charge in [-0.2, -0.15) is 0 Å². The minimum absolute atomic E-state index is 0. The number of amides is 2. The van der Waals surface area contributed by atoms with Gasteiger partial charge in [-0.25, -0.2) is 4.98 Å². The van der Waals surface area contributed by atoms with Gasteiger partial charge in [0.2, 0.25) is 17.6 Å². The molecule has 1 aromatic carbocycles. The van der Waals surface area contributed by atoms with Crippen LogP contribution in [0.2, 0.25) is 0 Å². The summed E-state index contributed by atoms with van der Waals surface area (Å²) in [6.07, 6.45) is 4.84. The maximum Gasteiger partial charge on any atom is 0.246 e. The molecule has 1 aliphatic rings. The number of halogens is 1. The molecule has 0 saturated carbocycles. The smallest absolute Gasteiger partial charge is 0.246 e. The van der Waals surface area contributed by atoms with Crippen molar-refractivity contribution in [3.05, 3.63) is 47.2 Å². The van der Waals surface area contributed by atoms with Gasteiger partial charge in [0.05, 0.1) is 27.9 Å². The summed E-state index contributed by atoms with van der Waals surface area (Å²) in [6.45, 7) is 1.23. The Balaban J connectivity index is 0.00000385. The SMILES string of the molecule is COc1ccc(CN(C)C(=O)C=Cc2cnc3c(c2)CN(C)CC(=O)N3)c(OC)c1OC.Cl. The summed E-state index contributed by atoms with van der Waals surface area (Å²) in [5.74, 6) is 1.85. The fraction of sp³-hybridized carbons (Fsp3) is 0.348. The van der Waals surface area contributed by atoms with Crippen LogP contribution in [0.25, 0.3) is 6.08 Å². The first kappa shape index (κ1) is 26.0. The molecule has 1 aliphatic heterocycles. The number of ether oxygens (including phenoxy) is 3. The predicted molar refractivity (Wildman–Crippen MR) is 128 cm³/mol. The first-order valence-electron chi connectivity index (χ1n) is 10.0. The van der Waals surface area contributed by atoms with Crippen molar-refractivity contribution in [3.63, 3.8) is 0 Å². The minimum Gasteiger partial charge on any atom is -0.493 e. The van der Waals surface area contributed by atoms with Gasteiger partial charge in [-0.3, -0.25) is 14.5 Å². The van der Waals surface area contributed by atoms with E-state index in [0.29, 0.717) is 42.7 Å². The minimum atomic E-state index is -0.179. The van der Waals surface area contributed by atoms with E-state index < -0.39 is 0 Å². The lowest BCUT2D eigenvalue weighted by molar-refractivity contribution is -0.125. The second kappa shape index (κ2) is 11.5. The van der Waals surface area contributed by atoms with Crippen LogP contribution in [0.4, 0.5) is 5.82 Å². The van der Waals surface area contributed by atoms with Gasteiger partial charge >= 0.3 is 0 Å². The maximum absolute atomic E-state index is 12.7. The number of hydrogen-bond donors (Lipinski definition) is 1. The van der Waals surface area contributed by atoms with Crippen molar-refractivity contribution in [2.24, 2.45) is 0 Å². The number of nitrogens with one attached hydrogen (secondary N) is 1. The molecule has 0 saturated heterocycles. The number of fused-ring (bicyclic) bond motifs is 1. The maximum atomic E-state index is 12.7. The number of nitrogens with zero attached hydrogens (tertiary/aromatic N) is 3. The molecule has 3 rings (SSSR count). The number of carbonyl (C=O) groups excluding carboxylic acids is 2. The number of anilines is 1. The lowest BCUT2D eigenvalue weighted by atomic mass is 10.1. The van der Waals surface area contributed by atoms with Crippen LogP contribution in [0, 0.1) is 0 Å². The van der Waals surface area contributed by atoms with Gasteiger partial charge in [0.15, 0.2) is 11.5 Å². The Hall–Kier alpha value is -3.30. The van der Waals surface area contributed by atoms with E-state index in [1.54, 1.807) is 51.6 Å². The summed E-state index contributed by atoms with van der Waals surface area (Å²) in [7, 11) is 8.23. The average Bonchev–Trinajstić information content (AvgIpc) is 2.92. The van der Waals surface area contributed by atoms with Gasteiger partial charge in [-0.15, -0.1) is 12.4 Å². The molecule has 0 bridgehead atoms. The summed E-state index contributed by atoms with van der Waals surface area (Å²) in [5.41, 5.74) is 2.47. The van der Waals surface area contributed by atoms with Crippen LogP contribution in [0.15, 0.2) is 30.5 Å². The Bertz CT molecular complexity index is 1040. The van der Waals surface area contributed by atoms with Crippen LogP contribution in [-0.4, -0.2) is 68.6 Å². The molecular formula is C23H29ClN4O5. The summed E-state index contributed by atoms with van der Waals surface area (Å²) >= 11 is 0. The van der Waals surface area contributed by atoms with E-state index in [9.17, 15) is 9.59 Å². The van der Waals surface area contributed by atoms with E-state index in [0.717, 1.165) is 16.7 Å². The zero-order chi connectivity index (χ0) is 23.3. The number of likely N-dealkylation sites (N-methyl/N-ethyl adjacent to an activating group) is 2. The number of benzene rings is 1. The highest BCUT2D eigenvalue weighted by atomic mass is 35.5. The number of hydrogen-bond acceptors (Lipinski definition) is 7. The van der Waals surface area contributed by atoms with E-state index in [4.69, 9.17) is 14.2 Å². The molecule has 1 N–H and O–H groups in total. The number of aromatic nitrogens is 1. The van der Waals surface area contributed by atoms with Crippen molar-refractivity contribution < 1.29 is 23.8 Å². The highest BCUT2D eigenvalue weighted by Crippen LogP contribution is 2.40. The molecule has 33 heavy (non-hydrogen) atoms. The van der Waals surface area contributed by atoms with Crippen molar-refractivity contribution in [1.29, 1.82) is 0 Å². The van der Waals surface area contributed by atoms with E-state index in [2.05, 4.69) is 10.3 Å². The molecule has 0 radical (unpaired) electrons. The Morgan fingerprint density at radius 2 is 1.91 bits per heavy atom. The number of pyridine rings is 1.